The number of nitrogens with zero attached hydrogens (tertiary/aromatic N) is 3. The fraction of sp³-hybridized carbons (Fsp3) is 0.643. The number of aliphatic carboxylic acids is 1. The van der Waals surface area contributed by atoms with Gasteiger partial charge in [-0.15, -0.1) is 0 Å². The first kappa shape index (κ1) is 13.8. The normalized spacial score (nSPS) is 23.4. The zero-order valence-electron chi connectivity index (χ0n) is 11.8. The van der Waals surface area contributed by atoms with Crippen molar-refractivity contribution in [3.05, 3.63) is 17.5 Å². The summed E-state index contributed by atoms with van der Waals surface area (Å²) >= 11 is 0. The van der Waals surface area contributed by atoms with Gasteiger partial charge in [-0.3, -0.25) is 0 Å². The van der Waals surface area contributed by atoms with Crippen LogP contribution >= 0.6 is 0 Å². The summed E-state index contributed by atoms with van der Waals surface area (Å²) in [5.41, 5.74) is 1.76. The van der Waals surface area contributed by atoms with Crippen molar-refractivity contribution in [1.29, 1.82) is 0 Å². The van der Waals surface area contributed by atoms with E-state index in [0.717, 1.165) is 30.8 Å². The molecule has 0 aliphatic carbocycles. The molecule has 1 saturated heterocycles. The summed E-state index contributed by atoms with van der Waals surface area (Å²) < 4.78 is 0. The molecule has 0 amide bonds. The number of piperidine rings is 1. The van der Waals surface area contributed by atoms with Gasteiger partial charge in [-0.1, -0.05) is 13.3 Å². The molecule has 1 aromatic rings. The van der Waals surface area contributed by atoms with Crippen LogP contribution in [0.3, 0.4) is 0 Å². The Labute approximate surface area is 113 Å². The van der Waals surface area contributed by atoms with Crippen molar-refractivity contribution in [2.45, 2.75) is 46.1 Å². The van der Waals surface area contributed by atoms with Gasteiger partial charge in [-0.2, -0.15) is 0 Å². The van der Waals surface area contributed by atoms with Gasteiger partial charge in [0.2, 0.25) is 5.95 Å². The third-order valence-electron chi connectivity index (χ3n) is 3.80. The Bertz CT molecular complexity index is 456. The van der Waals surface area contributed by atoms with E-state index in [0.29, 0.717) is 18.3 Å². The second kappa shape index (κ2) is 5.55. The highest BCUT2D eigenvalue weighted by molar-refractivity contribution is 5.77. The maximum absolute atomic E-state index is 11.5. The Morgan fingerprint density at radius 2 is 2.05 bits per heavy atom. The van der Waals surface area contributed by atoms with Crippen LogP contribution in [0.15, 0.2) is 6.07 Å². The first-order chi connectivity index (χ1) is 9.01. The Morgan fingerprint density at radius 1 is 1.42 bits per heavy atom. The molecule has 1 aliphatic rings. The van der Waals surface area contributed by atoms with E-state index in [2.05, 4.69) is 16.9 Å². The van der Waals surface area contributed by atoms with Crippen LogP contribution in [0.2, 0.25) is 0 Å². The average molecular weight is 263 g/mol. The second-order valence-corrected chi connectivity index (χ2v) is 5.30. The van der Waals surface area contributed by atoms with E-state index in [9.17, 15) is 9.90 Å². The summed E-state index contributed by atoms with van der Waals surface area (Å²) in [4.78, 5) is 22.1. The molecule has 2 unspecified atom stereocenters. The van der Waals surface area contributed by atoms with Gasteiger partial charge in [0.15, 0.2) is 0 Å². The van der Waals surface area contributed by atoms with Crippen LogP contribution < -0.4 is 4.90 Å². The number of aryl methyl sites for hydroxylation is 2. The minimum atomic E-state index is -0.777. The molecule has 0 saturated carbocycles. The van der Waals surface area contributed by atoms with Gasteiger partial charge in [0.05, 0.1) is 0 Å². The third-order valence-corrected chi connectivity index (χ3v) is 3.80. The molecular weight excluding hydrogens is 242 g/mol. The van der Waals surface area contributed by atoms with Crippen molar-refractivity contribution < 1.29 is 9.90 Å². The Kier molecular flexibility index (Phi) is 4.02. The molecule has 2 atom stereocenters. The van der Waals surface area contributed by atoms with Crippen LogP contribution in [0.5, 0.6) is 0 Å². The van der Waals surface area contributed by atoms with E-state index in [-0.39, 0.29) is 0 Å². The predicted octanol–water partition coefficient (Wildman–Crippen LogP) is 2.17. The first-order valence-corrected chi connectivity index (χ1v) is 6.83. The van der Waals surface area contributed by atoms with Gasteiger partial charge in [0, 0.05) is 17.9 Å². The summed E-state index contributed by atoms with van der Waals surface area (Å²) in [7, 11) is 0. The van der Waals surface area contributed by atoms with Gasteiger partial charge < -0.3 is 10.0 Å². The second-order valence-electron chi connectivity index (χ2n) is 5.30. The first-order valence-electron chi connectivity index (χ1n) is 6.83. The average Bonchev–Trinajstić information content (AvgIpc) is 2.36. The van der Waals surface area contributed by atoms with Crippen LogP contribution in [0, 0.1) is 19.8 Å². The lowest BCUT2D eigenvalue weighted by atomic mass is 9.89. The van der Waals surface area contributed by atoms with E-state index < -0.39 is 12.0 Å². The molecule has 5 heteroatoms. The Morgan fingerprint density at radius 3 is 2.58 bits per heavy atom. The molecule has 1 aromatic heterocycles. The zero-order chi connectivity index (χ0) is 14.0. The number of aromatic nitrogens is 2. The minimum absolute atomic E-state index is 0.489. The maximum Gasteiger partial charge on any atom is 0.326 e. The number of carboxylic acids is 1. The largest absolute Gasteiger partial charge is 0.480 e. The number of hydrogen-bond acceptors (Lipinski definition) is 4. The van der Waals surface area contributed by atoms with Crippen molar-refractivity contribution in [1.82, 2.24) is 9.97 Å². The SMILES string of the molecule is CCC1CCN(c2nc(C)cc(C)n2)C(C(=O)O)C1. The number of anilines is 1. The zero-order valence-corrected chi connectivity index (χ0v) is 11.8. The monoisotopic (exact) mass is 263 g/mol. The van der Waals surface area contributed by atoms with Crippen LogP contribution in [0.1, 0.15) is 37.6 Å². The van der Waals surface area contributed by atoms with Crippen LogP contribution in [0.25, 0.3) is 0 Å². The highest BCUT2D eigenvalue weighted by atomic mass is 16.4. The van der Waals surface area contributed by atoms with E-state index >= 15 is 0 Å². The molecule has 19 heavy (non-hydrogen) atoms. The third kappa shape index (κ3) is 3.03. The van der Waals surface area contributed by atoms with E-state index in [1.165, 1.54) is 0 Å². The molecule has 0 radical (unpaired) electrons. The summed E-state index contributed by atoms with van der Waals surface area (Å²) in [5, 5.41) is 9.42. The molecule has 104 valence electrons. The van der Waals surface area contributed by atoms with E-state index in [1.807, 2.05) is 24.8 Å². The Balaban J connectivity index is 2.28. The number of carbonyl (C=O) groups is 1. The lowest BCUT2D eigenvalue weighted by Gasteiger charge is -2.37. The molecule has 1 N–H and O–H groups in total. The van der Waals surface area contributed by atoms with Crippen molar-refractivity contribution in [2.24, 2.45) is 5.92 Å². The van der Waals surface area contributed by atoms with Gasteiger partial charge >= 0.3 is 5.97 Å². The number of hydrogen-bond donors (Lipinski definition) is 1. The molecule has 2 rings (SSSR count). The summed E-state index contributed by atoms with van der Waals surface area (Å²) in [6, 6.07) is 1.40. The van der Waals surface area contributed by atoms with Crippen LogP contribution in [-0.2, 0) is 4.79 Å². The standard InChI is InChI=1S/C14H21N3O2/c1-4-11-5-6-17(12(8-11)13(18)19)14-15-9(2)7-10(3)16-14/h7,11-12H,4-6,8H2,1-3H3,(H,18,19). The van der Waals surface area contributed by atoms with Gasteiger partial charge in [-0.25, -0.2) is 14.8 Å². The highest BCUT2D eigenvalue weighted by Crippen LogP contribution is 2.28. The predicted molar refractivity (Wildman–Crippen MR) is 73.3 cm³/mol. The molecule has 0 aromatic carbocycles. The topological polar surface area (TPSA) is 66.3 Å². The highest BCUT2D eigenvalue weighted by Gasteiger charge is 2.34. The van der Waals surface area contributed by atoms with E-state index in [1.54, 1.807) is 0 Å². The fourth-order valence-electron chi connectivity index (χ4n) is 2.72. The molecule has 1 fully saturated rings. The molecular formula is C14H21N3O2. The molecule has 5 nitrogen and oxygen atoms in total. The fourth-order valence-corrected chi connectivity index (χ4v) is 2.72. The smallest absolute Gasteiger partial charge is 0.326 e. The molecule has 2 heterocycles. The van der Waals surface area contributed by atoms with E-state index in [4.69, 9.17) is 0 Å². The molecule has 1 aliphatic heterocycles. The number of carboxylic acid groups (broad SMARTS) is 1. The summed E-state index contributed by atoms with van der Waals surface area (Å²) in [6.07, 6.45) is 2.73. The summed E-state index contributed by atoms with van der Waals surface area (Å²) in [6.45, 7) is 6.66. The number of rotatable bonds is 3. The van der Waals surface area contributed by atoms with Gasteiger partial charge in [0.1, 0.15) is 6.04 Å². The minimum Gasteiger partial charge on any atom is -0.480 e. The van der Waals surface area contributed by atoms with Crippen molar-refractivity contribution in [3.8, 4) is 0 Å². The Hall–Kier alpha value is -1.65. The van der Waals surface area contributed by atoms with Crippen molar-refractivity contribution >= 4 is 11.9 Å². The maximum atomic E-state index is 11.5. The lowest BCUT2D eigenvalue weighted by molar-refractivity contribution is -0.139. The van der Waals surface area contributed by atoms with Crippen LogP contribution in [-0.4, -0.2) is 33.6 Å². The van der Waals surface area contributed by atoms with Gasteiger partial charge in [0.25, 0.3) is 0 Å². The van der Waals surface area contributed by atoms with Crippen LogP contribution in [0.4, 0.5) is 5.95 Å². The molecule has 0 spiro atoms. The molecule has 0 bridgehead atoms. The van der Waals surface area contributed by atoms with Crippen molar-refractivity contribution in [3.63, 3.8) is 0 Å². The lowest BCUT2D eigenvalue weighted by Crippen LogP contribution is -2.48. The van der Waals surface area contributed by atoms with Gasteiger partial charge in [-0.05, 0) is 38.7 Å². The quantitative estimate of drug-likeness (QED) is 0.905. The summed E-state index contributed by atoms with van der Waals surface area (Å²) in [5.74, 6) is 0.267. The van der Waals surface area contributed by atoms with Crippen molar-refractivity contribution in [2.75, 3.05) is 11.4 Å².